The zero-order chi connectivity index (χ0) is 39.8. The van der Waals surface area contributed by atoms with Gasteiger partial charge in [0.1, 0.15) is 35.9 Å². The minimum Gasteiger partial charge on any atom is -0.497 e. The molecule has 0 unspecified atom stereocenters. The van der Waals surface area contributed by atoms with Gasteiger partial charge in [0.05, 0.1) is 20.0 Å². The number of ether oxygens (including phenoxy) is 3. The highest BCUT2D eigenvalue weighted by atomic mass is 28.5. The van der Waals surface area contributed by atoms with Crippen molar-refractivity contribution in [2.24, 2.45) is 0 Å². The second-order valence-electron chi connectivity index (χ2n) is 16.2. The number of hydrogen-bond donors (Lipinski definition) is 1. The maximum Gasteiger partial charge on any atom is 0.335 e. The number of benzene rings is 3. The van der Waals surface area contributed by atoms with E-state index in [4.69, 9.17) is 42.1 Å². The fourth-order valence-electron chi connectivity index (χ4n) is 8.84. The zero-order valence-electron chi connectivity index (χ0n) is 34.3. The van der Waals surface area contributed by atoms with E-state index in [0.717, 1.165) is 22.4 Å². The van der Waals surface area contributed by atoms with Crippen molar-refractivity contribution in [3.05, 3.63) is 114 Å². The monoisotopic (exact) mass is 795 g/mol. The quantitative estimate of drug-likeness (QED) is 0.0970. The van der Waals surface area contributed by atoms with Crippen molar-refractivity contribution in [2.75, 3.05) is 26.1 Å². The molecule has 4 atom stereocenters. The second-order valence-corrected chi connectivity index (χ2v) is 25.0. The Morgan fingerprint density at radius 1 is 0.732 bits per heavy atom. The highest BCUT2D eigenvalue weighted by Gasteiger charge is 2.62. The molecule has 7 rings (SSSR count). The summed E-state index contributed by atoms with van der Waals surface area (Å²) in [6.45, 7) is 18.1. The number of rotatable bonds is 12. The maximum absolute atomic E-state index is 7.46. The van der Waals surface area contributed by atoms with Gasteiger partial charge in [-0.3, -0.25) is 4.57 Å². The van der Waals surface area contributed by atoms with Gasteiger partial charge in [-0.15, -0.1) is 0 Å². The standard InChI is InChI=1S/C43H57N5O6Si2/c1-28(2)55(29(3)4)51-25-36-38(53-56(54-55,30(5)6)31(7)8)39(50-10)42(52-36)48-27-46-37-40(44-26-45-41(37)48)47-43(32-17-13-11-14-18-32,33-19-15-12-16-20-33)34-21-23-35(49-9)24-22-34/h11-24,26-31,36,38-39,42H,25H2,1-10H3,(H,44,45,47)/t36-,38-,39-,42-/m1/s1. The van der Waals surface area contributed by atoms with Crippen LogP contribution in [0.2, 0.25) is 22.2 Å². The van der Waals surface area contributed by atoms with Crippen molar-refractivity contribution >= 4 is 34.1 Å². The van der Waals surface area contributed by atoms with Crippen molar-refractivity contribution in [1.82, 2.24) is 19.5 Å². The van der Waals surface area contributed by atoms with Crippen molar-refractivity contribution in [2.45, 2.75) is 108 Å². The van der Waals surface area contributed by atoms with Gasteiger partial charge >= 0.3 is 17.1 Å². The van der Waals surface area contributed by atoms with Gasteiger partial charge in [0.15, 0.2) is 23.2 Å². The number of nitrogens with one attached hydrogen (secondary N) is 1. The molecule has 1 N–H and O–H groups in total. The predicted octanol–water partition coefficient (Wildman–Crippen LogP) is 9.11. The van der Waals surface area contributed by atoms with Gasteiger partial charge in [0.2, 0.25) is 0 Å². The Kier molecular flexibility index (Phi) is 11.6. The molecule has 2 fully saturated rings. The molecule has 13 heteroatoms. The SMILES string of the molecule is COc1ccc(C(Nc2ncnc3c2ncn3[C@@H]2O[C@@H]3CO[Si](C(C)C)(C(C)C)O[Si](C(C)C)(C(C)C)O[C@H]3[C@H]2OC)(c2ccccc2)c2ccccc2)cc1. The Morgan fingerprint density at radius 2 is 1.30 bits per heavy atom. The molecule has 298 valence electrons. The van der Waals surface area contributed by atoms with Crippen LogP contribution in [0.25, 0.3) is 11.2 Å². The van der Waals surface area contributed by atoms with E-state index < -0.39 is 47.2 Å². The normalized spacial score (nSPS) is 22.4. The molecule has 2 aliphatic heterocycles. The van der Waals surface area contributed by atoms with Crippen molar-refractivity contribution in [3.63, 3.8) is 0 Å². The number of aromatic nitrogens is 4. The fourth-order valence-corrected chi connectivity index (χ4v) is 20.0. The third kappa shape index (κ3) is 6.80. The third-order valence-corrected chi connectivity index (χ3v) is 22.0. The average Bonchev–Trinajstić information content (AvgIpc) is 3.78. The number of imidazole rings is 1. The zero-order valence-corrected chi connectivity index (χ0v) is 36.3. The van der Waals surface area contributed by atoms with Crippen molar-refractivity contribution in [1.29, 1.82) is 0 Å². The van der Waals surface area contributed by atoms with E-state index in [1.54, 1.807) is 26.9 Å². The number of anilines is 1. The number of methoxy groups -OCH3 is 2. The third-order valence-electron chi connectivity index (χ3n) is 11.8. The van der Waals surface area contributed by atoms with E-state index in [0.29, 0.717) is 23.6 Å². The molecular formula is C43H57N5O6Si2. The molecule has 4 heterocycles. The maximum atomic E-state index is 7.46. The van der Waals surface area contributed by atoms with E-state index in [1.807, 2.05) is 28.8 Å². The van der Waals surface area contributed by atoms with Gasteiger partial charge in [-0.05, 0) is 51.0 Å². The Labute approximate surface area is 333 Å². The van der Waals surface area contributed by atoms with Crippen LogP contribution in [0.1, 0.15) is 78.3 Å². The molecule has 0 saturated carbocycles. The lowest BCUT2D eigenvalue weighted by Gasteiger charge is -2.51. The van der Waals surface area contributed by atoms with Crippen LogP contribution in [0.15, 0.2) is 97.6 Å². The summed E-state index contributed by atoms with van der Waals surface area (Å²) in [4.78, 5) is 14.6. The van der Waals surface area contributed by atoms with E-state index in [-0.39, 0.29) is 22.2 Å². The Bertz CT molecular complexity index is 2010. The molecule has 0 spiro atoms. The molecule has 2 aliphatic rings. The van der Waals surface area contributed by atoms with Crippen LogP contribution in [-0.4, -0.2) is 75.8 Å². The van der Waals surface area contributed by atoms with Crippen LogP contribution in [0.5, 0.6) is 5.75 Å². The van der Waals surface area contributed by atoms with Gasteiger partial charge in [0, 0.05) is 7.11 Å². The largest absolute Gasteiger partial charge is 0.497 e. The molecule has 0 radical (unpaired) electrons. The first-order chi connectivity index (χ1) is 26.9. The van der Waals surface area contributed by atoms with Crippen LogP contribution in [0.3, 0.4) is 0 Å². The fraction of sp³-hybridized carbons (Fsp3) is 0.465. The second kappa shape index (κ2) is 16.1. The highest BCUT2D eigenvalue weighted by Crippen LogP contribution is 2.49. The van der Waals surface area contributed by atoms with Crippen LogP contribution < -0.4 is 10.1 Å². The summed E-state index contributed by atoms with van der Waals surface area (Å²) in [6, 6.07) is 28.9. The van der Waals surface area contributed by atoms with E-state index in [2.05, 4.69) is 121 Å². The summed E-state index contributed by atoms with van der Waals surface area (Å²) in [7, 11) is -2.30. The first-order valence-electron chi connectivity index (χ1n) is 19.8. The molecule has 2 aromatic heterocycles. The molecule has 2 saturated heterocycles. The van der Waals surface area contributed by atoms with Crippen molar-refractivity contribution < 1.29 is 27.2 Å². The molecule has 5 aromatic rings. The summed E-state index contributed by atoms with van der Waals surface area (Å²) in [5.74, 6) is 1.34. The summed E-state index contributed by atoms with van der Waals surface area (Å²) in [5, 5.41) is 3.89. The number of hydrogen-bond acceptors (Lipinski definition) is 10. The highest BCUT2D eigenvalue weighted by molar-refractivity contribution is 6.84. The number of fused-ring (bicyclic) bond motifs is 2. The lowest BCUT2D eigenvalue weighted by atomic mass is 9.77. The lowest BCUT2D eigenvalue weighted by Crippen LogP contribution is -2.65. The predicted molar refractivity (Wildman–Crippen MR) is 223 cm³/mol. The van der Waals surface area contributed by atoms with Gasteiger partial charge in [-0.1, -0.05) is 128 Å². The molecule has 0 bridgehead atoms. The summed E-state index contributed by atoms with van der Waals surface area (Å²) in [5.41, 5.74) is 4.18. The Morgan fingerprint density at radius 3 is 1.84 bits per heavy atom. The van der Waals surface area contributed by atoms with Gasteiger partial charge in [-0.2, -0.15) is 0 Å². The molecular weight excluding hydrogens is 739 g/mol. The Hall–Kier alpha value is -3.96. The lowest BCUT2D eigenvalue weighted by molar-refractivity contribution is -0.0602. The topological polar surface area (TPSA) is 111 Å². The molecule has 56 heavy (non-hydrogen) atoms. The summed E-state index contributed by atoms with van der Waals surface area (Å²) < 4.78 is 42.7. The molecule has 3 aromatic carbocycles. The minimum absolute atomic E-state index is 0.168. The smallest absolute Gasteiger partial charge is 0.335 e. The van der Waals surface area contributed by atoms with E-state index in [9.17, 15) is 0 Å². The first kappa shape index (κ1) is 40.2. The van der Waals surface area contributed by atoms with Crippen LogP contribution >= 0.6 is 0 Å². The number of nitrogens with zero attached hydrogens (tertiary/aromatic N) is 4. The average molecular weight is 796 g/mol. The van der Waals surface area contributed by atoms with E-state index in [1.165, 1.54) is 0 Å². The molecule has 0 aliphatic carbocycles. The molecule has 11 nitrogen and oxygen atoms in total. The first-order valence-corrected chi connectivity index (χ1v) is 23.8. The van der Waals surface area contributed by atoms with Crippen molar-refractivity contribution in [3.8, 4) is 5.75 Å². The summed E-state index contributed by atoms with van der Waals surface area (Å²) >= 11 is 0. The van der Waals surface area contributed by atoms with Crippen LogP contribution in [-0.2, 0) is 28.0 Å². The minimum atomic E-state index is -2.92. The molecule has 0 amide bonds. The van der Waals surface area contributed by atoms with Crippen LogP contribution in [0.4, 0.5) is 5.82 Å². The van der Waals surface area contributed by atoms with Gasteiger partial charge in [-0.25, -0.2) is 15.0 Å². The van der Waals surface area contributed by atoms with Gasteiger partial charge in [0.25, 0.3) is 0 Å². The summed E-state index contributed by atoms with van der Waals surface area (Å²) in [6.07, 6.45) is 1.45. The Balaban J connectivity index is 1.33. The van der Waals surface area contributed by atoms with E-state index >= 15 is 0 Å². The van der Waals surface area contributed by atoms with Gasteiger partial charge < -0.3 is 32.5 Å². The van der Waals surface area contributed by atoms with Crippen LogP contribution in [0, 0.1) is 0 Å².